The lowest BCUT2D eigenvalue weighted by atomic mass is 9.87. The van der Waals surface area contributed by atoms with E-state index in [1.807, 2.05) is 13.8 Å². The number of hydrogen-bond acceptors (Lipinski definition) is 3. The fourth-order valence-corrected chi connectivity index (χ4v) is 0.795. The fraction of sp³-hybridized carbons (Fsp3) is 0.889. The second-order valence-electron chi connectivity index (χ2n) is 4.09. The van der Waals surface area contributed by atoms with Gasteiger partial charge in [-0.2, -0.15) is 0 Å². The fourth-order valence-electron chi connectivity index (χ4n) is 0.795. The summed E-state index contributed by atoms with van der Waals surface area (Å²) in [7, 11) is 0. The van der Waals surface area contributed by atoms with Gasteiger partial charge in [0.1, 0.15) is 0 Å². The van der Waals surface area contributed by atoms with Crippen molar-refractivity contribution in [2.75, 3.05) is 6.61 Å². The minimum atomic E-state index is -1.38. The number of carboxylic acids is 1. The Balaban J connectivity index is 4.13. The van der Waals surface area contributed by atoms with Crippen LogP contribution >= 0.6 is 0 Å². The molecule has 1 unspecified atom stereocenters. The third kappa shape index (κ3) is 4.24. The van der Waals surface area contributed by atoms with Crippen molar-refractivity contribution in [2.24, 2.45) is 5.41 Å². The molecule has 0 aliphatic carbocycles. The molecule has 0 aromatic heterocycles. The van der Waals surface area contributed by atoms with Crippen molar-refractivity contribution in [3.05, 3.63) is 0 Å². The van der Waals surface area contributed by atoms with E-state index in [-0.39, 0.29) is 12.7 Å². The van der Waals surface area contributed by atoms with Crippen molar-refractivity contribution in [2.45, 2.75) is 39.9 Å². The second kappa shape index (κ2) is 4.58. The highest BCUT2D eigenvalue weighted by Crippen LogP contribution is 2.21. The van der Waals surface area contributed by atoms with Crippen molar-refractivity contribution in [1.29, 1.82) is 0 Å². The molecule has 0 aliphatic rings. The van der Waals surface area contributed by atoms with Gasteiger partial charge in [0.25, 0.3) is 0 Å². The van der Waals surface area contributed by atoms with Crippen molar-refractivity contribution < 1.29 is 19.7 Å². The lowest BCUT2D eigenvalue weighted by Gasteiger charge is -2.28. The van der Waals surface area contributed by atoms with Crippen LogP contribution in [-0.2, 0) is 9.53 Å². The summed E-state index contributed by atoms with van der Waals surface area (Å²) in [6, 6.07) is 0. The average Bonchev–Trinajstić information content (AvgIpc) is 1.99. The number of aliphatic hydroxyl groups excluding tert-OH is 1. The van der Waals surface area contributed by atoms with Crippen LogP contribution in [-0.4, -0.2) is 35.0 Å². The van der Waals surface area contributed by atoms with Crippen LogP contribution in [0.4, 0.5) is 0 Å². The Morgan fingerprint density at radius 1 is 1.46 bits per heavy atom. The Labute approximate surface area is 78.5 Å². The van der Waals surface area contributed by atoms with Crippen molar-refractivity contribution >= 4 is 5.97 Å². The van der Waals surface area contributed by atoms with Gasteiger partial charge in [0.05, 0.1) is 12.7 Å². The van der Waals surface area contributed by atoms with Gasteiger partial charge >= 0.3 is 5.97 Å². The second-order valence-corrected chi connectivity index (χ2v) is 4.09. The predicted octanol–water partition coefficient (Wildman–Crippen LogP) is 0.883. The smallest absolute Gasteiger partial charge is 0.333 e. The summed E-state index contributed by atoms with van der Waals surface area (Å²) in [6.07, 6.45) is -1.34. The van der Waals surface area contributed by atoms with Crippen LogP contribution in [0, 0.1) is 5.41 Å². The highest BCUT2D eigenvalue weighted by atomic mass is 16.5. The normalized spacial score (nSPS) is 14.6. The van der Waals surface area contributed by atoms with Crippen LogP contribution in [0.1, 0.15) is 27.7 Å². The summed E-state index contributed by atoms with van der Waals surface area (Å²) in [6.45, 7) is 7.28. The predicted molar refractivity (Wildman–Crippen MR) is 48.5 cm³/mol. The molecule has 0 aromatic rings. The van der Waals surface area contributed by atoms with E-state index >= 15 is 0 Å². The molecule has 0 fully saturated rings. The van der Waals surface area contributed by atoms with Crippen LogP contribution < -0.4 is 0 Å². The van der Waals surface area contributed by atoms with Gasteiger partial charge in [0.15, 0.2) is 6.10 Å². The van der Waals surface area contributed by atoms with E-state index in [1.165, 1.54) is 0 Å². The molecule has 2 N–H and O–H groups in total. The number of rotatable bonds is 5. The largest absolute Gasteiger partial charge is 0.479 e. The van der Waals surface area contributed by atoms with Gasteiger partial charge in [-0.05, 0) is 13.8 Å². The van der Waals surface area contributed by atoms with Crippen LogP contribution in [0.25, 0.3) is 0 Å². The third-order valence-corrected chi connectivity index (χ3v) is 1.76. The number of ether oxygens (including phenoxy) is 1. The molecule has 0 rings (SSSR count). The molecule has 0 heterocycles. The minimum Gasteiger partial charge on any atom is -0.479 e. The molecule has 0 amide bonds. The average molecular weight is 190 g/mol. The Morgan fingerprint density at radius 3 is 2.23 bits per heavy atom. The van der Waals surface area contributed by atoms with E-state index < -0.39 is 17.5 Å². The lowest BCUT2D eigenvalue weighted by molar-refractivity contribution is -0.156. The SMILES string of the molecule is CC(C)OCC(C)(C)C(O)C(=O)O. The molecule has 4 nitrogen and oxygen atoms in total. The monoisotopic (exact) mass is 190 g/mol. The number of hydrogen-bond donors (Lipinski definition) is 2. The van der Waals surface area contributed by atoms with Crippen molar-refractivity contribution in [3.8, 4) is 0 Å². The number of carboxylic acid groups (broad SMARTS) is 1. The van der Waals surface area contributed by atoms with E-state index in [1.54, 1.807) is 13.8 Å². The van der Waals surface area contributed by atoms with Gasteiger partial charge in [-0.3, -0.25) is 0 Å². The van der Waals surface area contributed by atoms with Gasteiger partial charge in [-0.15, -0.1) is 0 Å². The summed E-state index contributed by atoms with van der Waals surface area (Å²) in [5.74, 6) is -1.21. The molecule has 0 aromatic carbocycles. The van der Waals surface area contributed by atoms with E-state index in [9.17, 15) is 9.90 Å². The highest BCUT2D eigenvalue weighted by molar-refractivity contribution is 5.72. The summed E-state index contributed by atoms with van der Waals surface area (Å²) >= 11 is 0. The summed E-state index contributed by atoms with van der Waals surface area (Å²) in [4.78, 5) is 10.5. The van der Waals surface area contributed by atoms with Crippen LogP contribution in [0.3, 0.4) is 0 Å². The van der Waals surface area contributed by atoms with Gasteiger partial charge < -0.3 is 14.9 Å². The molecule has 0 bridgehead atoms. The molecule has 0 aliphatic heterocycles. The summed E-state index contributed by atoms with van der Waals surface area (Å²) < 4.78 is 5.25. The van der Waals surface area contributed by atoms with Crippen molar-refractivity contribution in [1.82, 2.24) is 0 Å². The molecule has 0 saturated carbocycles. The van der Waals surface area contributed by atoms with Gasteiger partial charge in [0.2, 0.25) is 0 Å². The van der Waals surface area contributed by atoms with E-state index in [0.717, 1.165) is 0 Å². The van der Waals surface area contributed by atoms with Gasteiger partial charge in [-0.1, -0.05) is 13.8 Å². The van der Waals surface area contributed by atoms with E-state index in [0.29, 0.717) is 0 Å². The van der Waals surface area contributed by atoms with Crippen LogP contribution in [0.5, 0.6) is 0 Å². The van der Waals surface area contributed by atoms with Crippen LogP contribution in [0.2, 0.25) is 0 Å². The molecule has 13 heavy (non-hydrogen) atoms. The van der Waals surface area contributed by atoms with Crippen LogP contribution in [0.15, 0.2) is 0 Å². The number of aliphatic carboxylic acids is 1. The van der Waals surface area contributed by atoms with Gasteiger partial charge in [-0.25, -0.2) is 4.79 Å². The maximum atomic E-state index is 10.5. The first-order chi connectivity index (χ1) is 5.77. The lowest BCUT2D eigenvalue weighted by Crippen LogP contribution is -2.40. The molecular formula is C9H18O4. The van der Waals surface area contributed by atoms with Gasteiger partial charge in [0, 0.05) is 5.41 Å². The zero-order valence-electron chi connectivity index (χ0n) is 8.57. The topological polar surface area (TPSA) is 66.8 Å². The molecule has 78 valence electrons. The Hall–Kier alpha value is -0.610. The molecule has 0 radical (unpaired) electrons. The number of aliphatic hydroxyl groups is 1. The minimum absolute atomic E-state index is 0.0419. The summed E-state index contributed by atoms with van der Waals surface area (Å²) in [5, 5.41) is 17.9. The third-order valence-electron chi connectivity index (χ3n) is 1.76. The first-order valence-electron chi connectivity index (χ1n) is 4.30. The molecule has 0 saturated heterocycles. The first kappa shape index (κ1) is 12.4. The standard InChI is InChI=1S/C9H18O4/c1-6(2)13-5-9(3,4)7(10)8(11)12/h6-7,10H,5H2,1-4H3,(H,11,12). The summed E-state index contributed by atoms with van der Waals surface area (Å²) in [5.41, 5.74) is -0.754. The molecule has 1 atom stereocenters. The Morgan fingerprint density at radius 2 is 1.92 bits per heavy atom. The zero-order chi connectivity index (χ0) is 10.6. The Kier molecular flexibility index (Phi) is 4.36. The maximum Gasteiger partial charge on any atom is 0.333 e. The number of carbonyl (C=O) groups is 1. The molecular weight excluding hydrogens is 172 g/mol. The highest BCUT2D eigenvalue weighted by Gasteiger charge is 2.33. The van der Waals surface area contributed by atoms with E-state index in [2.05, 4.69) is 0 Å². The zero-order valence-corrected chi connectivity index (χ0v) is 8.57. The Bertz CT molecular complexity index is 174. The molecule has 4 heteroatoms. The van der Waals surface area contributed by atoms with E-state index in [4.69, 9.17) is 9.84 Å². The molecule has 0 spiro atoms. The van der Waals surface area contributed by atoms with Crippen molar-refractivity contribution in [3.63, 3.8) is 0 Å². The quantitative estimate of drug-likeness (QED) is 0.675. The maximum absolute atomic E-state index is 10.5. The first-order valence-corrected chi connectivity index (χ1v) is 4.30.